The number of carboxylic acid groups (broad SMARTS) is 1. The second-order valence-electron chi connectivity index (χ2n) is 6.15. The topological polar surface area (TPSA) is 77.9 Å². The minimum atomic E-state index is -3.72. The molecule has 1 heterocycles. The van der Waals surface area contributed by atoms with E-state index in [0.29, 0.717) is 6.42 Å². The third-order valence-electron chi connectivity index (χ3n) is 4.67. The van der Waals surface area contributed by atoms with Crippen LogP contribution in [0.1, 0.15) is 46.0 Å². The standard InChI is InChI=1S/C13H24N2O4S/c1-9(2)14(3)20(18,19)15-11-7-5-4-6-10(11)8-12(15)13(16)17/h9-12H,4-8H2,1-3H3,(H,16,17). The molecule has 1 aliphatic heterocycles. The van der Waals surface area contributed by atoms with Gasteiger partial charge in [-0.05, 0) is 39.0 Å². The molecule has 6 nitrogen and oxygen atoms in total. The molecule has 0 radical (unpaired) electrons. The molecule has 0 aromatic heterocycles. The smallest absolute Gasteiger partial charge is 0.322 e. The first kappa shape index (κ1) is 15.7. The zero-order valence-corrected chi connectivity index (χ0v) is 13.1. The second kappa shape index (κ2) is 5.61. The highest BCUT2D eigenvalue weighted by Gasteiger charge is 2.52. The Balaban J connectivity index is 2.36. The predicted octanol–water partition coefficient (Wildman–Crippen LogP) is 1.29. The first-order valence-electron chi connectivity index (χ1n) is 7.26. The van der Waals surface area contributed by atoms with Crippen molar-refractivity contribution in [3.8, 4) is 0 Å². The third kappa shape index (κ3) is 2.58. The first-order valence-corrected chi connectivity index (χ1v) is 8.65. The maximum atomic E-state index is 12.7. The van der Waals surface area contributed by atoms with Gasteiger partial charge in [-0.3, -0.25) is 4.79 Å². The minimum absolute atomic E-state index is 0.143. The summed E-state index contributed by atoms with van der Waals surface area (Å²) in [6.07, 6.45) is 4.21. The van der Waals surface area contributed by atoms with Gasteiger partial charge in [0.25, 0.3) is 10.2 Å². The van der Waals surface area contributed by atoms with Gasteiger partial charge in [0.2, 0.25) is 0 Å². The van der Waals surface area contributed by atoms with Crippen LogP contribution in [0, 0.1) is 5.92 Å². The Hall–Kier alpha value is -0.660. The van der Waals surface area contributed by atoms with Crippen LogP contribution in [0.25, 0.3) is 0 Å². The molecule has 2 aliphatic rings. The molecule has 1 saturated carbocycles. The van der Waals surface area contributed by atoms with Crippen molar-refractivity contribution in [3.63, 3.8) is 0 Å². The van der Waals surface area contributed by atoms with Crippen molar-refractivity contribution in [2.45, 2.75) is 64.1 Å². The molecule has 0 amide bonds. The summed E-state index contributed by atoms with van der Waals surface area (Å²) in [6.45, 7) is 3.59. The van der Waals surface area contributed by atoms with E-state index >= 15 is 0 Å². The van der Waals surface area contributed by atoms with Crippen molar-refractivity contribution in [1.29, 1.82) is 0 Å². The number of hydrogen-bond acceptors (Lipinski definition) is 3. The zero-order valence-electron chi connectivity index (χ0n) is 12.3. The normalized spacial score (nSPS) is 31.8. The highest BCUT2D eigenvalue weighted by molar-refractivity contribution is 7.86. The van der Waals surface area contributed by atoms with E-state index in [-0.39, 0.29) is 18.0 Å². The minimum Gasteiger partial charge on any atom is -0.480 e. The van der Waals surface area contributed by atoms with Crippen LogP contribution < -0.4 is 0 Å². The largest absolute Gasteiger partial charge is 0.480 e. The molecule has 0 aromatic carbocycles. The van der Waals surface area contributed by atoms with Crippen LogP contribution in [-0.2, 0) is 15.0 Å². The average molecular weight is 304 g/mol. The molecular weight excluding hydrogens is 280 g/mol. The molecule has 20 heavy (non-hydrogen) atoms. The summed E-state index contributed by atoms with van der Waals surface area (Å²) < 4.78 is 28.0. The maximum Gasteiger partial charge on any atom is 0.322 e. The van der Waals surface area contributed by atoms with Crippen LogP contribution in [0.15, 0.2) is 0 Å². The molecule has 3 unspecified atom stereocenters. The summed E-state index contributed by atoms with van der Waals surface area (Å²) in [4.78, 5) is 11.5. The van der Waals surface area contributed by atoms with Gasteiger partial charge in [0.05, 0.1) is 0 Å². The maximum absolute atomic E-state index is 12.7. The van der Waals surface area contributed by atoms with E-state index in [1.54, 1.807) is 13.8 Å². The highest BCUT2D eigenvalue weighted by Crippen LogP contribution is 2.42. The van der Waals surface area contributed by atoms with Gasteiger partial charge in [0.1, 0.15) is 6.04 Å². The lowest BCUT2D eigenvalue weighted by atomic mass is 9.85. The summed E-state index contributed by atoms with van der Waals surface area (Å²) in [5.41, 5.74) is 0. The van der Waals surface area contributed by atoms with Gasteiger partial charge in [-0.1, -0.05) is 12.8 Å². The molecule has 3 atom stereocenters. The van der Waals surface area contributed by atoms with E-state index in [4.69, 9.17) is 0 Å². The van der Waals surface area contributed by atoms with E-state index in [0.717, 1.165) is 25.7 Å². The average Bonchev–Trinajstić information content (AvgIpc) is 2.77. The van der Waals surface area contributed by atoms with Gasteiger partial charge in [0, 0.05) is 19.1 Å². The molecule has 1 aliphatic carbocycles. The Morgan fingerprint density at radius 1 is 1.30 bits per heavy atom. The number of nitrogens with zero attached hydrogens (tertiary/aromatic N) is 2. The van der Waals surface area contributed by atoms with Crippen LogP contribution in [0.3, 0.4) is 0 Å². The van der Waals surface area contributed by atoms with E-state index in [9.17, 15) is 18.3 Å². The van der Waals surface area contributed by atoms with Crippen LogP contribution in [-0.4, -0.2) is 53.3 Å². The fourth-order valence-electron chi connectivity index (χ4n) is 3.38. The lowest BCUT2D eigenvalue weighted by Crippen LogP contribution is -2.52. The number of carboxylic acids is 1. The van der Waals surface area contributed by atoms with Crippen LogP contribution in [0.5, 0.6) is 0 Å². The Morgan fingerprint density at radius 2 is 1.90 bits per heavy atom. The monoisotopic (exact) mass is 304 g/mol. The number of hydrogen-bond donors (Lipinski definition) is 1. The quantitative estimate of drug-likeness (QED) is 0.849. The van der Waals surface area contributed by atoms with Gasteiger partial charge in [-0.25, -0.2) is 0 Å². The van der Waals surface area contributed by atoms with Crippen molar-refractivity contribution in [2.24, 2.45) is 5.92 Å². The Kier molecular flexibility index (Phi) is 4.41. The van der Waals surface area contributed by atoms with Gasteiger partial charge < -0.3 is 5.11 Å². The molecule has 1 N–H and O–H groups in total. The van der Waals surface area contributed by atoms with Crippen molar-refractivity contribution < 1.29 is 18.3 Å². The van der Waals surface area contributed by atoms with Crippen molar-refractivity contribution in [3.05, 3.63) is 0 Å². The molecule has 2 rings (SSSR count). The van der Waals surface area contributed by atoms with Crippen LogP contribution in [0.4, 0.5) is 0 Å². The summed E-state index contributed by atoms with van der Waals surface area (Å²) >= 11 is 0. The molecule has 1 saturated heterocycles. The molecule has 2 fully saturated rings. The Morgan fingerprint density at radius 3 is 2.45 bits per heavy atom. The zero-order chi connectivity index (χ0) is 15.1. The molecular formula is C13H24N2O4S. The summed E-state index contributed by atoms with van der Waals surface area (Å²) in [7, 11) is -2.19. The number of fused-ring (bicyclic) bond motifs is 1. The fraction of sp³-hybridized carbons (Fsp3) is 0.923. The lowest BCUT2D eigenvalue weighted by Gasteiger charge is -2.35. The number of rotatable bonds is 4. The van der Waals surface area contributed by atoms with E-state index in [1.807, 2.05) is 0 Å². The molecule has 116 valence electrons. The molecule has 0 spiro atoms. The van der Waals surface area contributed by atoms with Crippen molar-refractivity contribution in [2.75, 3.05) is 7.05 Å². The highest BCUT2D eigenvalue weighted by atomic mass is 32.2. The summed E-state index contributed by atoms with van der Waals surface area (Å²) in [6, 6.07) is -1.23. The SMILES string of the molecule is CC(C)N(C)S(=O)(=O)N1C(C(=O)O)CC2CCCCC21. The number of carbonyl (C=O) groups is 1. The van der Waals surface area contributed by atoms with Crippen molar-refractivity contribution >= 4 is 16.2 Å². The number of aliphatic carboxylic acids is 1. The third-order valence-corrected chi connectivity index (χ3v) is 6.88. The Bertz CT molecular complexity index is 477. The second-order valence-corrected chi connectivity index (χ2v) is 8.04. The van der Waals surface area contributed by atoms with Crippen LogP contribution >= 0.6 is 0 Å². The van der Waals surface area contributed by atoms with E-state index < -0.39 is 22.2 Å². The van der Waals surface area contributed by atoms with E-state index in [2.05, 4.69) is 0 Å². The van der Waals surface area contributed by atoms with Gasteiger partial charge in [-0.15, -0.1) is 0 Å². The van der Waals surface area contributed by atoms with Gasteiger partial charge in [0.15, 0.2) is 0 Å². The summed E-state index contributed by atoms with van der Waals surface area (Å²) in [5, 5.41) is 9.39. The first-order chi connectivity index (χ1) is 9.26. The Labute approximate surface area is 120 Å². The molecule has 0 aromatic rings. The lowest BCUT2D eigenvalue weighted by molar-refractivity contribution is -0.141. The summed E-state index contributed by atoms with van der Waals surface area (Å²) in [5.74, 6) is -0.833. The molecule has 0 bridgehead atoms. The molecule has 7 heteroatoms. The van der Waals surface area contributed by atoms with Gasteiger partial charge >= 0.3 is 5.97 Å². The predicted molar refractivity (Wildman–Crippen MR) is 75.4 cm³/mol. The van der Waals surface area contributed by atoms with Crippen LogP contribution in [0.2, 0.25) is 0 Å². The van der Waals surface area contributed by atoms with E-state index in [1.165, 1.54) is 15.7 Å². The fourth-order valence-corrected chi connectivity index (χ4v) is 5.32. The van der Waals surface area contributed by atoms with Crippen molar-refractivity contribution in [1.82, 2.24) is 8.61 Å². The van der Waals surface area contributed by atoms with Gasteiger partial charge in [-0.2, -0.15) is 17.0 Å².